The monoisotopic (exact) mass is 208 g/mol. The van der Waals surface area contributed by atoms with Crippen molar-refractivity contribution < 1.29 is 4.74 Å². The lowest BCUT2D eigenvalue weighted by molar-refractivity contribution is -0.0757. The van der Waals surface area contributed by atoms with Crippen molar-refractivity contribution in [2.75, 3.05) is 6.61 Å². The molecule has 0 spiro atoms. The highest BCUT2D eigenvalue weighted by Gasteiger charge is 2.61. The molecule has 0 N–H and O–H groups in total. The maximum Gasteiger partial charge on any atom is 0.0605 e. The van der Waals surface area contributed by atoms with Gasteiger partial charge in [0.25, 0.3) is 0 Å². The normalized spacial score (nSPS) is 53.8. The summed E-state index contributed by atoms with van der Waals surface area (Å²) < 4.78 is 5.93. The first kappa shape index (κ1) is 10.1. The average molecular weight is 208 g/mol. The van der Waals surface area contributed by atoms with E-state index in [1.54, 1.807) is 0 Å². The zero-order chi connectivity index (χ0) is 10.6. The molecule has 6 atom stereocenters. The molecule has 0 saturated heterocycles. The minimum absolute atomic E-state index is 0.474. The third kappa shape index (κ3) is 1.19. The second-order valence-corrected chi connectivity index (χ2v) is 6.34. The van der Waals surface area contributed by atoms with E-state index in [9.17, 15) is 0 Å². The molecule has 0 amide bonds. The van der Waals surface area contributed by atoms with Crippen molar-refractivity contribution in [1.82, 2.24) is 0 Å². The maximum absolute atomic E-state index is 5.93. The third-order valence-electron chi connectivity index (χ3n) is 5.97. The van der Waals surface area contributed by atoms with Crippen LogP contribution in [-0.4, -0.2) is 12.7 Å². The van der Waals surface area contributed by atoms with Crippen LogP contribution in [0.4, 0.5) is 0 Å². The van der Waals surface area contributed by atoms with Gasteiger partial charge < -0.3 is 4.74 Å². The lowest BCUT2D eigenvalue weighted by Crippen LogP contribution is -2.43. The second kappa shape index (κ2) is 3.23. The van der Waals surface area contributed by atoms with Crippen LogP contribution in [0.1, 0.15) is 46.5 Å². The van der Waals surface area contributed by atoms with Gasteiger partial charge >= 0.3 is 0 Å². The molecule has 4 rings (SSSR count). The van der Waals surface area contributed by atoms with E-state index < -0.39 is 0 Å². The molecule has 0 heterocycles. The van der Waals surface area contributed by atoms with Crippen molar-refractivity contribution in [3.63, 3.8) is 0 Å². The number of rotatable bonds is 3. The van der Waals surface area contributed by atoms with E-state index in [2.05, 4.69) is 20.8 Å². The number of ether oxygens (including phenoxy) is 1. The van der Waals surface area contributed by atoms with Gasteiger partial charge in [0.15, 0.2) is 0 Å². The van der Waals surface area contributed by atoms with Crippen LogP contribution < -0.4 is 0 Å². The van der Waals surface area contributed by atoms with E-state index >= 15 is 0 Å². The molecule has 4 aliphatic carbocycles. The van der Waals surface area contributed by atoms with Crippen LogP contribution in [0.5, 0.6) is 0 Å². The Morgan fingerprint density at radius 3 is 2.73 bits per heavy atom. The smallest absolute Gasteiger partial charge is 0.0605 e. The predicted octanol–water partition coefficient (Wildman–Crippen LogP) is 3.48. The van der Waals surface area contributed by atoms with Crippen LogP contribution in [-0.2, 0) is 4.74 Å². The van der Waals surface area contributed by atoms with Gasteiger partial charge in [-0.3, -0.25) is 0 Å². The van der Waals surface area contributed by atoms with Gasteiger partial charge in [-0.2, -0.15) is 0 Å². The summed E-state index contributed by atoms with van der Waals surface area (Å²) in [6.45, 7) is 7.84. The fourth-order valence-corrected chi connectivity index (χ4v) is 5.19. The molecular weight excluding hydrogens is 184 g/mol. The van der Waals surface area contributed by atoms with E-state index in [-0.39, 0.29) is 0 Å². The highest BCUT2D eigenvalue weighted by molar-refractivity contribution is 5.10. The third-order valence-corrected chi connectivity index (χ3v) is 5.97. The molecule has 0 aliphatic heterocycles. The van der Waals surface area contributed by atoms with Gasteiger partial charge in [-0.15, -0.1) is 0 Å². The quantitative estimate of drug-likeness (QED) is 0.690. The number of hydrogen-bond donors (Lipinski definition) is 0. The molecule has 4 bridgehead atoms. The summed E-state index contributed by atoms with van der Waals surface area (Å²) in [4.78, 5) is 0. The summed E-state index contributed by atoms with van der Waals surface area (Å²) in [6, 6.07) is 0. The Bertz CT molecular complexity index is 258. The zero-order valence-corrected chi connectivity index (χ0v) is 10.3. The summed E-state index contributed by atoms with van der Waals surface area (Å²) in [7, 11) is 0. The first-order valence-electron chi connectivity index (χ1n) is 6.77. The Morgan fingerprint density at radius 2 is 2.07 bits per heavy atom. The van der Waals surface area contributed by atoms with Crippen LogP contribution in [0.3, 0.4) is 0 Å². The molecular formula is C14H24O. The summed E-state index contributed by atoms with van der Waals surface area (Å²) in [5.41, 5.74) is 0.508. The lowest BCUT2D eigenvalue weighted by Gasteiger charge is -2.45. The van der Waals surface area contributed by atoms with Crippen molar-refractivity contribution in [3.8, 4) is 0 Å². The van der Waals surface area contributed by atoms with Crippen LogP contribution >= 0.6 is 0 Å². The van der Waals surface area contributed by atoms with E-state index in [1.165, 1.54) is 25.7 Å². The minimum Gasteiger partial charge on any atom is -0.378 e. The second-order valence-electron chi connectivity index (χ2n) is 6.34. The molecule has 4 aliphatic rings. The van der Waals surface area contributed by atoms with Crippen molar-refractivity contribution in [3.05, 3.63) is 0 Å². The summed E-state index contributed by atoms with van der Waals surface area (Å²) in [6.07, 6.45) is 6.53. The molecule has 0 aromatic heterocycles. The van der Waals surface area contributed by atoms with Gasteiger partial charge in [0.2, 0.25) is 0 Å². The molecule has 6 unspecified atom stereocenters. The summed E-state index contributed by atoms with van der Waals surface area (Å²) in [5.74, 6) is 4.10. The highest BCUT2D eigenvalue weighted by Crippen LogP contribution is 2.67. The zero-order valence-electron chi connectivity index (χ0n) is 10.3. The first-order valence-corrected chi connectivity index (χ1v) is 6.77. The predicted molar refractivity (Wildman–Crippen MR) is 61.6 cm³/mol. The van der Waals surface area contributed by atoms with Gasteiger partial charge in [0, 0.05) is 6.61 Å². The molecule has 0 aromatic carbocycles. The Hall–Kier alpha value is -0.0400. The van der Waals surface area contributed by atoms with Crippen molar-refractivity contribution in [2.45, 2.75) is 52.6 Å². The number of hydrogen-bond acceptors (Lipinski definition) is 1. The van der Waals surface area contributed by atoms with Crippen molar-refractivity contribution >= 4 is 0 Å². The Kier molecular flexibility index (Phi) is 2.18. The van der Waals surface area contributed by atoms with E-state index in [1.807, 2.05) is 0 Å². The molecule has 0 radical (unpaired) electrons. The fourth-order valence-electron chi connectivity index (χ4n) is 5.19. The molecule has 15 heavy (non-hydrogen) atoms. The van der Waals surface area contributed by atoms with Gasteiger partial charge in [0.05, 0.1) is 6.10 Å². The molecule has 4 fully saturated rings. The average Bonchev–Trinajstić information content (AvgIpc) is 2.60. The standard InChI is InChI=1S/C14H24O/c1-4-15-9(2)14(3)12-6-10-5-11(8-12)13(14)7-10/h9-13H,4-8H2,1-3H3. The molecule has 1 nitrogen and oxygen atoms in total. The van der Waals surface area contributed by atoms with E-state index in [0.717, 1.165) is 30.3 Å². The lowest BCUT2D eigenvalue weighted by atomic mass is 9.63. The SMILES string of the molecule is CCOC(C)C1(C)C2CC3CC(C2)C1C3. The summed E-state index contributed by atoms with van der Waals surface area (Å²) >= 11 is 0. The van der Waals surface area contributed by atoms with Gasteiger partial charge in [-0.05, 0) is 68.6 Å². The van der Waals surface area contributed by atoms with Crippen LogP contribution in [0.25, 0.3) is 0 Å². The van der Waals surface area contributed by atoms with E-state index in [4.69, 9.17) is 4.74 Å². The molecule has 1 heteroatoms. The minimum atomic E-state index is 0.474. The molecule has 0 aromatic rings. The Morgan fingerprint density at radius 1 is 1.27 bits per heavy atom. The van der Waals surface area contributed by atoms with Crippen molar-refractivity contribution in [2.24, 2.45) is 29.1 Å². The van der Waals surface area contributed by atoms with E-state index in [0.29, 0.717) is 11.5 Å². The largest absolute Gasteiger partial charge is 0.378 e. The van der Waals surface area contributed by atoms with Gasteiger partial charge in [-0.25, -0.2) is 0 Å². The Labute approximate surface area is 93.6 Å². The Balaban J connectivity index is 1.86. The van der Waals surface area contributed by atoms with Gasteiger partial charge in [-0.1, -0.05) is 6.92 Å². The van der Waals surface area contributed by atoms with Crippen LogP contribution in [0, 0.1) is 29.1 Å². The topological polar surface area (TPSA) is 9.23 Å². The first-order chi connectivity index (χ1) is 7.16. The molecule has 4 saturated carbocycles. The summed E-state index contributed by atoms with van der Waals surface area (Å²) in [5, 5.41) is 0. The fraction of sp³-hybridized carbons (Fsp3) is 1.00. The highest BCUT2D eigenvalue weighted by atomic mass is 16.5. The molecule has 86 valence electrons. The van der Waals surface area contributed by atoms with Crippen molar-refractivity contribution in [1.29, 1.82) is 0 Å². The maximum atomic E-state index is 5.93. The van der Waals surface area contributed by atoms with Gasteiger partial charge in [0.1, 0.15) is 0 Å². The van der Waals surface area contributed by atoms with Crippen LogP contribution in [0.2, 0.25) is 0 Å². The van der Waals surface area contributed by atoms with Crippen LogP contribution in [0.15, 0.2) is 0 Å².